The van der Waals surface area contributed by atoms with E-state index in [9.17, 15) is 0 Å². The van der Waals surface area contributed by atoms with E-state index < -0.39 is 0 Å². The Bertz CT molecular complexity index is 6.00. The van der Waals surface area contributed by atoms with E-state index in [4.69, 9.17) is 0 Å². The lowest BCUT2D eigenvalue weighted by Crippen LogP contribution is -2.03. The molecule has 0 atom stereocenters. The van der Waals surface area contributed by atoms with E-state index in [1.54, 1.807) is 0 Å². The van der Waals surface area contributed by atoms with Crippen LogP contribution in [0, 0.1) is 0 Å². The first kappa shape index (κ1) is 8.83. The highest BCUT2D eigenvalue weighted by Gasteiger charge is 1.21. The van der Waals surface area contributed by atoms with Gasteiger partial charge in [-0.15, -0.1) is 0 Å². The number of hydrogen-bond acceptors (Lipinski definition) is 3. The molecule has 0 spiro atoms. The van der Waals surface area contributed by atoms with Crippen LogP contribution in [0.15, 0.2) is 0 Å². The highest BCUT2D eigenvalue weighted by molar-refractivity contribution is 5.75. The molecule has 0 amide bonds. The fourth-order valence-corrected chi connectivity index (χ4v) is 0. The third kappa shape index (κ3) is 28.3. The lowest BCUT2D eigenvalue weighted by atomic mass is 13.3. The van der Waals surface area contributed by atoms with Crippen LogP contribution in [0.5, 0.6) is 0 Å². The average molecular weight is 78.1 g/mol. The highest BCUT2D eigenvalue weighted by Crippen LogP contribution is 0.949. The van der Waals surface area contributed by atoms with E-state index in [2.05, 4.69) is 16.7 Å². The van der Waals surface area contributed by atoms with Crippen LogP contribution in [-0.4, -0.2) is 17.4 Å². The topological polar surface area (TPSA) is 61.3 Å². The average Bonchev–Trinajstić information content (AvgIpc) is 0.918. The van der Waals surface area contributed by atoms with E-state index >= 15 is 0 Å². The summed E-state index contributed by atoms with van der Waals surface area (Å²) in [6.07, 6.45) is 0. The molecule has 4 N–H and O–H groups in total. The van der Waals surface area contributed by atoms with Crippen molar-refractivity contribution in [3.63, 3.8) is 0 Å². The molecule has 0 aromatic heterocycles. The van der Waals surface area contributed by atoms with Crippen molar-refractivity contribution in [2.24, 2.45) is 11.8 Å². The van der Waals surface area contributed by atoms with Gasteiger partial charge in [0.15, 0.2) is 17.4 Å². The molecule has 0 bridgehead atoms. The van der Waals surface area contributed by atoms with Crippen LogP contribution in [0.4, 0.5) is 0 Å². The van der Waals surface area contributed by atoms with E-state index in [0.717, 1.165) is 0 Å². The Morgan fingerprint density at radius 1 is 1.25 bits per heavy atom. The zero-order valence-corrected chi connectivity index (χ0v) is 1.56. The van der Waals surface area contributed by atoms with Gasteiger partial charge in [-0.25, -0.2) is 4.94 Å². The van der Waals surface area contributed by atoms with Gasteiger partial charge in [-0.3, -0.25) is 0 Å². The molecular formula is H7AlN2O. The van der Waals surface area contributed by atoms with Crippen LogP contribution in [0.2, 0.25) is 0 Å². The third-order valence-corrected chi connectivity index (χ3v) is 0. The van der Waals surface area contributed by atoms with Crippen molar-refractivity contribution in [3.8, 4) is 0 Å². The normalized spacial score (nSPS) is 4.50. The Hall–Kier alpha value is 0.412. The zero-order chi connectivity index (χ0) is 2.71. The summed E-state index contributed by atoms with van der Waals surface area (Å²) in [5.74, 6) is 8.25. The number of nitrogens with two attached hydrogens (primary N) is 2. The molecule has 0 aliphatic carbocycles. The fraction of sp³-hybridized carbons (Fsp3) is 0. The monoisotopic (exact) mass is 78.0 g/mol. The quantitative estimate of drug-likeness (QED) is 0.250. The van der Waals surface area contributed by atoms with Crippen molar-refractivity contribution in [1.29, 1.82) is 0 Å². The molecule has 3 nitrogen and oxygen atoms in total. The summed E-state index contributed by atoms with van der Waals surface area (Å²) < 4.78 is 0. The van der Waals surface area contributed by atoms with E-state index in [1.165, 1.54) is 0 Å². The van der Waals surface area contributed by atoms with Gasteiger partial charge in [-0.1, -0.05) is 0 Å². The van der Waals surface area contributed by atoms with Gasteiger partial charge in [0.25, 0.3) is 0 Å². The molecule has 0 saturated heterocycles. The summed E-state index contributed by atoms with van der Waals surface area (Å²) in [6.45, 7) is 0. The second-order valence-electron chi connectivity index (χ2n) is 0.136. The van der Waals surface area contributed by atoms with Gasteiger partial charge in [0.1, 0.15) is 0 Å². The van der Waals surface area contributed by atoms with Gasteiger partial charge in [0.2, 0.25) is 0 Å². The molecule has 0 fully saturated rings. The molecule has 26 valence electrons. The Kier molecular flexibility index (Phi) is 22.0. The Labute approximate surface area is 34.9 Å². The van der Waals surface area contributed by atoms with Gasteiger partial charge in [0, 0.05) is 0 Å². The summed E-state index contributed by atoms with van der Waals surface area (Å²) in [6, 6.07) is 0. The molecule has 0 aromatic carbocycles. The number of rotatable bonds is 0. The third-order valence-electron chi connectivity index (χ3n) is 0. The molecule has 0 heterocycles. The summed E-state index contributed by atoms with van der Waals surface area (Å²) in [5.41, 5.74) is 0. The summed E-state index contributed by atoms with van der Waals surface area (Å²) >= 11 is 0. The summed E-state index contributed by atoms with van der Waals surface area (Å²) in [7, 11) is 0. The lowest BCUT2D eigenvalue weighted by molar-refractivity contribution is 0.142. The van der Waals surface area contributed by atoms with Crippen LogP contribution >= 0.6 is 0 Å². The maximum atomic E-state index is 4.12. The lowest BCUT2D eigenvalue weighted by Gasteiger charge is -1.62. The Balaban J connectivity index is 0. The molecule has 0 saturated carbocycles. The minimum absolute atomic E-state index is 0. The molecule has 0 aromatic rings. The molecule has 0 radical (unpaired) electrons. The largest absolute Gasteiger partial charge is 0.220 e. The first-order valence-corrected chi connectivity index (χ1v) is 0.471. The molecule has 0 aliphatic rings. The first-order chi connectivity index (χ1) is 1.41. The highest BCUT2D eigenvalue weighted by atomic mass is 27.0. The van der Waals surface area contributed by atoms with Crippen molar-refractivity contribution in [1.82, 2.24) is 0 Å². The van der Waals surface area contributed by atoms with Gasteiger partial charge >= 0.3 is 0 Å². The van der Waals surface area contributed by atoms with Gasteiger partial charge < -0.3 is 0 Å². The van der Waals surface area contributed by atoms with Gasteiger partial charge in [-0.2, -0.15) is 11.8 Å². The van der Waals surface area contributed by atoms with Crippen LogP contribution in [-0.2, 0) is 4.94 Å². The maximum absolute atomic E-state index is 4.12. The van der Waals surface area contributed by atoms with Crippen LogP contribution in [0.3, 0.4) is 0 Å². The number of hydrogen-bond donors (Lipinski definition) is 2. The van der Waals surface area contributed by atoms with Gasteiger partial charge in [-0.05, 0) is 0 Å². The van der Waals surface area contributed by atoms with Crippen LogP contribution in [0.25, 0.3) is 0 Å². The molecule has 4 heteroatoms. The summed E-state index contributed by atoms with van der Waals surface area (Å²) in [5, 5.41) is 0. The first-order valence-electron chi connectivity index (χ1n) is 0.471. The minimum atomic E-state index is 0. The van der Waals surface area contributed by atoms with E-state index in [0.29, 0.717) is 0 Å². The SMILES string of the molecule is NON.[AlH3]. The van der Waals surface area contributed by atoms with Crippen LogP contribution < -0.4 is 11.8 Å². The Morgan fingerprint density at radius 2 is 1.25 bits per heavy atom. The smallest absolute Gasteiger partial charge is 0.187 e. The van der Waals surface area contributed by atoms with E-state index in [1.807, 2.05) is 0 Å². The Morgan fingerprint density at radius 3 is 1.25 bits per heavy atom. The van der Waals surface area contributed by atoms with Crippen molar-refractivity contribution >= 4 is 17.4 Å². The van der Waals surface area contributed by atoms with Crippen molar-refractivity contribution in [2.75, 3.05) is 0 Å². The predicted octanol–water partition coefficient (Wildman–Crippen LogP) is -2.43. The van der Waals surface area contributed by atoms with Crippen molar-refractivity contribution in [2.45, 2.75) is 0 Å². The zero-order valence-electron chi connectivity index (χ0n) is 1.56. The predicted molar refractivity (Wildman–Crippen MR) is 19.4 cm³/mol. The molecule has 0 aliphatic heterocycles. The standard InChI is InChI=1S/Al.H4N2O.3H/c;1-3-2;;;/h;1-2H2;;;. The molecule has 0 unspecified atom stereocenters. The van der Waals surface area contributed by atoms with E-state index in [-0.39, 0.29) is 17.4 Å². The molecule has 4 heavy (non-hydrogen) atoms. The fourth-order valence-electron chi connectivity index (χ4n) is 0. The molecular weight excluding hydrogens is 71.0 g/mol. The van der Waals surface area contributed by atoms with Crippen LogP contribution in [0.1, 0.15) is 0 Å². The maximum Gasteiger partial charge on any atom is 0.187 e. The minimum Gasteiger partial charge on any atom is -0.220 e. The van der Waals surface area contributed by atoms with Crippen molar-refractivity contribution < 1.29 is 4.94 Å². The second kappa shape index (κ2) is 9.95. The van der Waals surface area contributed by atoms with Crippen molar-refractivity contribution in [3.05, 3.63) is 0 Å². The second-order valence-corrected chi connectivity index (χ2v) is 0.136. The summed E-state index contributed by atoms with van der Waals surface area (Å²) in [4.78, 5) is 3.25. The van der Waals surface area contributed by atoms with Gasteiger partial charge in [0.05, 0.1) is 0 Å². The molecule has 0 rings (SSSR count).